The van der Waals surface area contributed by atoms with Crippen LogP contribution < -0.4 is 5.32 Å². The first-order chi connectivity index (χ1) is 9.49. The van der Waals surface area contributed by atoms with Crippen molar-refractivity contribution >= 4 is 17.6 Å². The van der Waals surface area contributed by atoms with Crippen LogP contribution in [-0.2, 0) is 20.1 Å². The molecule has 0 aliphatic carbocycles. The molecule has 0 amide bonds. The Morgan fingerprint density at radius 3 is 2.50 bits per heavy atom. The SMILES string of the molecule is Cc1c(Cl)c(CNCc2ccc(C(=O)O)cc2)nn1C. The molecular weight excluding hydrogens is 278 g/mol. The Bertz CT molecular complexity index is 620. The fourth-order valence-electron chi connectivity index (χ4n) is 1.85. The van der Waals surface area contributed by atoms with Crippen molar-refractivity contribution in [2.24, 2.45) is 7.05 Å². The molecule has 1 aromatic carbocycles. The van der Waals surface area contributed by atoms with Crippen molar-refractivity contribution in [2.75, 3.05) is 0 Å². The minimum atomic E-state index is -0.916. The summed E-state index contributed by atoms with van der Waals surface area (Å²) < 4.78 is 1.75. The Labute approximate surface area is 122 Å². The molecule has 20 heavy (non-hydrogen) atoms. The van der Waals surface area contributed by atoms with Gasteiger partial charge in [-0.25, -0.2) is 4.79 Å². The molecule has 0 atom stereocenters. The Morgan fingerprint density at radius 2 is 2.00 bits per heavy atom. The van der Waals surface area contributed by atoms with Gasteiger partial charge < -0.3 is 10.4 Å². The van der Waals surface area contributed by atoms with Crippen molar-refractivity contribution in [2.45, 2.75) is 20.0 Å². The lowest BCUT2D eigenvalue weighted by molar-refractivity contribution is 0.0697. The number of hydrogen-bond donors (Lipinski definition) is 2. The molecular formula is C14H16ClN3O2. The lowest BCUT2D eigenvalue weighted by Crippen LogP contribution is -2.13. The highest BCUT2D eigenvalue weighted by molar-refractivity contribution is 6.31. The Hall–Kier alpha value is -1.85. The smallest absolute Gasteiger partial charge is 0.335 e. The van der Waals surface area contributed by atoms with E-state index >= 15 is 0 Å². The molecule has 106 valence electrons. The van der Waals surface area contributed by atoms with Gasteiger partial charge in [-0.05, 0) is 24.6 Å². The van der Waals surface area contributed by atoms with Crippen LogP contribution in [0.4, 0.5) is 0 Å². The number of rotatable bonds is 5. The molecule has 1 aromatic heterocycles. The third kappa shape index (κ3) is 3.18. The number of carbonyl (C=O) groups is 1. The second kappa shape index (κ2) is 6.07. The number of aromatic nitrogens is 2. The zero-order valence-electron chi connectivity index (χ0n) is 11.4. The Kier molecular flexibility index (Phi) is 4.42. The number of nitrogens with one attached hydrogen (secondary N) is 1. The molecule has 5 nitrogen and oxygen atoms in total. The summed E-state index contributed by atoms with van der Waals surface area (Å²) in [7, 11) is 1.86. The molecule has 0 fully saturated rings. The van der Waals surface area contributed by atoms with Gasteiger partial charge in [0.25, 0.3) is 0 Å². The van der Waals surface area contributed by atoms with Gasteiger partial charge in [0.2, 0.25) is 0 Å². The summed E-state index contributed by atoms with van der Waals surface area (Å²) in [5, 5.41) is 17.1. The maximum absolute atomic E-state index is 10.7. The molecule has 0 saturated heterocycles. The highest BCUT2D eigenvalue weighted by Crippen LogP contribution is 2.18. The summed E-state index contributed by atoms with van der Waals surface area (Å²) in [5.74, 6) is -0.916. The first-order valence-electron chi connectivity index (χ1n) is 6.20. The predicted molar refractivity (Wildman–Crippen MR) is 76.9 cm³/mol. The zero-order chi connectivity index (χ0) is 14.7. The number of carboxylic acids is 1. The molecule has 0 unspecified atom stereocenters. The summed E-state index contributed by atoms with van der Waals surface area (Å²) in [4.78, 5) is 10.7. The normalized spacial score (nSPS) is 10.8. The van der Waals surface area contributed by atoms with Crippen LogP contribution >= 0.6 is 11.6 Å². The maximum Gasteiger partial charge on any atom is 0.335 e. The summed E-state index contributed by atoms with van der Waals surface area (Å²) >= 11 is 6.16. The lowest BCUT2D eigenvalue weighted by Gasteiger charge is -2.04. The minimum absolute atomic E-state index is 0.289. The van der Waals surface area contributed by atoms with Crippen molar-refractivity contribution in [1.82, 2.24) is 15.1 Å². The fourth-order valence-corrected chi connectivity index (χ4v) is 2.08. The van der Waals surface area contributed by atoms with Gasteiger partial charge in [-0.2, -0.15) is 5.10 Å². The molecule has 0 bridgehead atoms. The van der Waals surface area contributed by atoms with Crippen molar-refractivity contribution in [3.63, 3.8) is 0 Å². The Morgan fingerprint density at radius 1 is 1.35 bits per heavy atom. The largest absolute Gasteiger partial charge is 0.478 e. The number of nitrogens with zero attached hydrogens (tertiary/aromatic N) is 2. The van der Waals surface area contributed by atoms with Crippen molar-refractivity contribution in [3.8, 4) is 0 Å². The van der Waals surface area contributed by atoms with Crippen LogP contribution in [0.3, 0.4) is 0 Å². The van der Waals surface area contributed by atoms with E-state index in [4.69, 9.17) is 16.7 Å². The van der Waals surface area contributed by atoms with Gasteiger partial charge in [0.15, 0.2) is 0 Å². The fraction of sp³-hybridized carbons (Fsp3) is 0.286. The second-order valence-corrected chi connectivity index (χ2v) is 4.95. The van der Waals surface area contributed by atoms with Crippen LogP contribution in [0, 0.1) is 6.92 Å². The molecule has 2 aromatic rings. The Balaban J connectivity index is 1.92. The number of hydrogen-bond acceptors (Lipinski definition) is 3. The van der Waals surface area contributed by atoms with Crippen LogP contribution in [0.25, 0.3) is 0 Å². The van der Waals surface area contributed by atoms with E-state index in [1.807, 2.05) is 14.0 Å². The predicted octanol–water partition coefficient (Wildman–Crippen LogP) is 2.37. The molecule has 0 aliphatic heterocycles. The quantitative estimate of drug-likeness (QED) is 0.888. The second-order valence-electron chi connectivity index (χ2n) is 4.58. The molecule has 2 N–H and O–H groups in total. The van der Waals surface area contributed by atoms with E-state index in [0.29, 0.717) is 18.1 Å². The summed E-state index contributed by atoms with van der Waals surface area (Å²) in [6.45, 7) is 3.12. The van der Waals surface area contributed by atoms with E-state index in [0.717, 1.165) is 17.0 Å². The number of halogens is 1. The van der Waals surface area contributed by atoms with Crippen molar-refractivity contribution < 1.29 is 9.90 Å². The van der Waals surface area contributed by atoms with E-state index in [1.54, 1.807) is 28.9 Å². The molecule has 0 aliphatic rings. The number of benzene rings is 1. The molecule has 6 heteroatoms. The summed E-state index contributed by atoms with van der Waals surface area (Å²) in [6.07, 6.45) is 0. The average Bonchev–Trinajstić information content (AvgIpc) is 2.67. The van der Waals surface area contributed by atoms with Crippen LogP contribution in [0.1, 0.15) is 27.3 Å². The zero-order valence-corrected chi connectivity index (χ0v) is 12.1. The van der Waals surface area contributed by atoms with E-state index in [9.17, 15) is 4.79 Å². The van der Waals surface area contributed by atoms with Crippen molar-refractivity contribution in [1.29, 1.82) is 0 Å². The van der Waals surface area contributed by atoms with E-state index in [-0.39, 0.29) is 5.56 Å². The van der Waals surface area contributed by atoms with Gasteiger partial charge in [-0.1, -0.05) is 23.7 Å². The lowest BCUT2D eigenvalue weighted by atomic mass is 10.1. The first-order valence-corrected chi connectivity index (χ1v) is 6.57. The van der Waals surface area contributed by atoms with Gasteiger partial charge in [0, 0.05) is 20.1 Å². The van der Waals surface area contributed by atoms with Crippen molar-refractivity contribution in [3.05, 3.63) is 51.8 Å². The van der Waals surface area contributed by atoms with E-state index in [2.05, 4.69) is 10.4 Å². The molecule has 0 radical (unpaired) electrons. The van der Waals surface area contributed by atoms with E-state index in [1.165, 1.54) is 0 Å². The van der Waals surface area contributed by atoms with Crippen LogP contribution in [0.15, 0.2) is 24.3 Å². The summed E-state index contributed by atoms with van der Waals surface area (Å²) in [5.41, 5.74) is 3.05. The van der Waals surface area contributed by atoms with Gasteiger partial charge >= 0.3 is 5.97 Å². The third-order valence-corrected chi connectivity index (χ3v) is 3.64. The molecule has 0 spiro atoms. The minimum Gasteiger partial charge on any atom is -0.478 e. The summed E-state index contributed by atoms with van der Waals surface area (Å²) in [6, 6.07) is 6.78. The van der Waals surface area contributed by atoms with Gasteiger partial charge in [0.05, 0.1) is 22.0 Å². The van der Waals surface area contributed by atoms with Gasteiger partial charge in [-0.3, -0.25) is 4.68 Å². The average molecular weight is 294 g/mol. The van der Waals surface area contributed by atoms with Crippen LogP contribution in [0.2, 0.25) is 5.02 Å². The maximum atomic E-state index is 10.7. The monoisotopic (exact) mass is 293 g/mol. The standard InChI is InChI=1S/C14H16ClN3O2/c1-9-13(15)12(17-18(9)2)8-16-7-10-3-5-11(6-4-10)14(19)20/h3-6,16H,7-8H2,1-2H3,(H,19,20). The topological polar surface area (TPSA) is 67.2 Å². The molecule has 0 saturated carbocycles. The number of carboxylic acid groups (broad SMARTS) is 1. The molecule has 2 rings (SSSR count). The highest BCUT2D eigenvalue weighted by atomic mass is 35.5. The number of aryl methyl sites for hydroxylation is 1. The van der Waals surface area contributed by atoms with Gasteiger partial charge in [0.1, 0.15) is 0 Å². The molecule has 1 heterocycles. The first kappa shape index (κ1) is 14.6. The van der Waals surface area contributed by atoms with Gasteiger partial charge in [-0.15, -0.1) is 0 Å². The number of aromatic carboxylic acids is 1. The highest BCUT2D eigenvalue weighted by Gasteiger charge is 2.09. The van der Waals surface area contributed by atoms with E-state index < -0.39 is 5.97 Å². The van der Waals surface area contributed by atoms with Crippen LogP contribution in [-0.4, -0.2) is 20.9 Å². The van der Waals surface area contributed by atoms with Crippen LogP contribution in [0.5, 0.6) is 0 Å². The third-order valence-electron chi connectivity index (χ3n) is 3.15.